The zero-order chi connectivity index (χ0) is 17.4. The van der Waals surface area contributed by atoms with E-state index < -0.39 is 0 Å². The molecule has 1 aromatic carbocycles. The number of benzene rings is 1. The van der Waals surface area contributed by atoms with Crippen LogP contribution in [0.3, 0.4) is 0 Å². The molecule has 4 nitrogen and oxygen atoms in total. The summed E-state index contributed by atoms with van der Waals surface area (Å²) in [5.41, 5.74) is 1.61. The van der Waals surface area contributed by atoms with Gasteiger partial charge in [-0.2, -0.15) is 0 Å². The van der Waals surface area contributed by atoms with E-state index in [0.717, 1.165) is 28.7 Å². The number of rotatable bonds is 2. The van der Waals surface area contributed by atoms with Gasteiger partial charge in [-0.3, -0.25) is 4.99 Å². The Morgan fingerprint density at radius 2 is 2.04 bits per heavy atom. The highest BCUT2D eigenvalue weighted by Crippen LogP contribution is 2.43. The van der Waals surface area contributed by atoms with Crippen LogP contribution >= 0.6 is 11.8 Å². The molecule has 2 N–H and O–H groups in total. The lowest BCUT2D eigenvalue weighted by Crippen LogP contribution is -2.23. The van der Waals surface area contributed by atoms with E-state index in [9.17, 15) is 0 Å². The van der Waals surface area contributed by atoms with Crippen molar-refractivity contribution < 1.29 is 0 Å². The molecule has 0 unspecified atom stereocenters. The second-order valence-corrected chi connectivity index (χ2v) is 7.95. The SMILES string of the molecule is CNc1cccc(SC2=N/C=C/NCCC3(CCCC3)CCN=C2)c1. The molecule has 25 heavy (non-hydrogen) atoms. The number of hydrogen-bond acceptors (Lipinski definition) is 5. The summed E-state index contributed by atoms with van der Waals surface area (Å²) in [6.07, 6.45) is 13.7. The third kappa shape index (κ3) is 5.36. The molecule has 0 aromatic heterocycles. The van der Waals surface area contributed by atoms with Gasteiger partial charge in [-0.1, -0.05) is 30.7 Å². The first-order chi connectivity index (χ1) is 12.3. The Labute approximate surface area is 155 Å². The summed E-state index contributed by atoms with van der Waals surface area (Å²) in [5.74, 6) is 0. The van der Waals surface area contributed by atoms with Crippen LogP contribution in [0.25, 0.3) is 0 Å². The number of hydrogen-bond donors (Lipinski definition) is 2. The third-order valence-electron chi connectivity index (χ3n) is 5.18. The zero-order valence-electron chi connectivity index (χ0n) is 15.0. The van der Waals surface area contributed by atoms with E-state index in [-0.39, 0.29) is 0 Å². The number of nitrogens with one attached hydrogen (secondary N) is 2. The van der Waals surface area contributed by atoms with Crippen LogP contribution in [-0.4, -0.2) is 31.4 Å². The molecular weight excluding hydrogens is 328 g/mol. The molecule has 1 saturated carbocycles. The van der Waals surface area contributed by atoms with Crippen molar-refractivity contribution in [3.8, 4) is 0 Å². The van der Waals surface area contributed by atoms with Gasteiger partial charge in [0, 0.05) is 43.1 Å². The standard InChI is InChI=1S/C20H28N4S/c1-21-17-5-4-6-18(15-17)25-19-16-23-12-10-20(7-2-3-8-20)9-11-22-13-14-24-19/h4-6,13-16,21-22H,2-3,7-12H2,1H3/b14-13+,23-16?,24-19?. The molecule has 1 spiro atoms. The molecule has 1 aromatic rings. The molecule has 1 aliphatic carbocycles. The number of anilines is 1. The molecule has 0 atom stereocenters. The molecule has 134 valence electrons. The Morgan fingerprint density at radius 3 is 2.88 bits per heavy atom. The van der Waals surface area contributed by atoms with E-state index in [0.29, 0.717) is 5.41 Å². The number of thioether (sulfide) groups is 1. The molecule has 1 fully saturated rings. The first-order valence-corrected chi connectivity index (χ1v) is 10.0. The topological polar surface area (TPSA) is 48.8 Å². The fourth-order valence-corrected chi connectivity index (χ4v) is 4.52. The van der Waals surface area contributed by atoms with Gasteiger partial charge < -0.3 is 10.6 Å². The summed E-state index contributed by atoms with van der Waals surface area (Å²) in [7, 11) is 1.94. The molecule has 1 heterocycles. The molecule has 2 aliphatic rings. The molecule has 0 saturated heterocycles. The van der Waals surface area contributed by atoms with E-state index in [4.69, 9.17) is 4.99 Å². The number of nitrogens with zero attached hydrogens (tertiary/aromatic N) is 2. The average molecular weight is 357 g/mol. The first kappa shape index (κ1) is 18.1. The molecule has 3 rings (SSSR count). The van der Waals surface area contributed by atoms with Crippen molar-refractivity contribution >= 4 is 28.7 Å². The fourth-order valence-electron chi connectivity index (χ4n) is 3.70. The minimum absolute atomic E-state index is 0.503. The Kier molecular flexibility index (Phi) is 6.56. The van der Waals surface area contributed by atoms with Gasteiger partial charge in [0.15, 0.2) is 0 Å². The average Bonchev–Trinajstić information content (AvgIpc) is 3.09. The lowest BCUT2D eigenvalue weighted by molar-refractivity contribution is 0.253. The molecule has 0 radical (unpaired) electrons. The quantitative estimate of drug-likeness (QED) is 0.807. The second kappa shape index (κ2) is 9.09. The predicted molar refractivity (Wildman–Crippen MR) is 110 cm³/mol. The molecule has 5 heteroatoms. The van der Waals surface area contributed by atoms with Crippen molar-refractivity contribution in [2.24, 2.45) is 15.4 Å². The van der Waals surface area contributed by atoms with Gasteiger partial charge in [-0.15, -0.1) is 0 Å². The Balaban J connectivity index is 1.69. The predicted octanol–water partition coefficient (Wildman–Crippen LogP) is 4.70. The second-order valence-electron chi connectivity index (χ2n) is 6.86. The smallest absolute Gasteiger partial charge is 0.119 e. The maximum atomic E-state index is 4.70. The normalized spacial score (nSPS) is 21.7. The van der Waals surface area contributed by atoms with Crippen LogP contribution in [0.15, 0.2) is 51.5 Å². The van der Waals surface area contributed by atoms with Gasteiger partial charge in [0.2, 0.25) is 0 Å². The van der Waals surface area contributed by atoms with E-state index in [1.54, 1.807) is 11.8 Å². The van der Waals surface area contributed by atoms with Crippen molar-refractivity contribution in [2.45, 2.75) is 43.4 Å². The lowest BCUT2D eigenvalue weighted by atomic mass is 9.79. The van der Waals surface area contributed by atoms with Gasteiger partial charge in [0.25, 0.3) is 0 Å². The highest BCUT2D eigenvalue weighted by atomic mass is 32.2. The Morgan fingerprint density at radius 1 is 1.16 bits per heavy atom. The van der Waals surface area contributed by atoms with Gasteiger partial charge in [0.1, 0.15) is 5.04 Å². The highest BCUT2D eigenvalue weighted by molar-refractivity contribution is 8.15. The maximum Gasteiger partial charge on any atom is 0.119 e. The van der Waals surface area contributed by atoms with E-state index in [2.05, 4.69) is 39.9 Å². The van der Waals surface area contributed by atoms with Gasteiger partial charge in [0.05, 0.1) is 6.21 Å². The van der Waals surface area contributed by atoms with E-state index >= 15 is 0 Å². The van der Waals surface area contributed by atoms with E-state index in [1.807, 2.05) is 25.7 Å². The van der Waals surface area contributed by atoms with Crippen LogP contribution in [0.2, 0.25) is 0 Å². The van der Waals surface area contributed by atoms with Gasteiger partial charge >= 0.3 is 0 Å². The number of aliphatic imine (C=N–C) groups is 2. The maximum absolute atomic E-state index is 4.70. The Hall–Kier alpha value is -1.75. The lowest BCUT2D eigenvalue weighted by Gasteiger charge is -2.28. The van der Waals surface area contributed by atoms with Gasteiger partial charge in [-0.25, -0.2) is 4.99 Å². The molecule has 1 aliphatic heterocycles. The summed E-state index contributed by atoms with van der Waals surface area (Å²) in [6, 6.07) is 8.36. The zero-order valence-corrected chi connectivity index (χ0v) is 15.8. The largest absolute Gasteiger partial charge is 0.390 e. The van der Waals surface area contributed by atoms with Crippen LogP contribution in [0.4, 0.5) is 5.69 Å². The molecular formula is C20H28N4S. The van der Waals surface area contributed by atoms with Crippen LogP contribution in [-0.2, 0) is 0 Å². The first-order valence-electron chi connectivity index (χ1n) is 9.21. The van der Waals surface area contributed by atoms with Gasteiger partial charge in [-0.05, 0) is 49.3 Å². The highest BCUT2D eigenvalue weighted by Gasteiger charge is 2.32. The van der Waals surface area contributed by atoms with E-state index in [1.165, 1.54) is 38.5 Å². The van der Waals surface area contributed by atoms with Crippen molar-refractivity contribution in [3.05, 3.63) is 36.7 Å². The van der Waals surface area contributed by atoms with Crippen LogP contribution in [0.1, 0.15) is 38.5 Å². The van der Waals surface area contributed by atoms with Crippen molar-refractivity contribution in [3.63, 3.8) is 0 Å². The Bertz CT molecular complexity index is 645. The van der Waals surface area contributed by atoms with Crippen LogP contribution in [0.5, 0.6) is 0 Å². The fraction of sp³-hybridized carbons (Fsp3) is 0.500. The van der Waals surface area contributed by atoms with Crippen LogP contribution < -0.4 is 10.6 Å². The van der Waals surface area contributed by atoms with Crippen molar-refractivity contribution in [1.29, 1.82) is 0 Å². The van der Waals surface area contributed by atoms with Crippen molar-refractivity contribution in [2.75, 3.05) is 25.5 Å². The molecule has 0 bridgehead atoms. The van der Waals surface area contributed by atoms with Crippen molar-refractivity contribution in [1.82, 2.24) is 5.32 Å². The summed E-state index contributed by atoms with van der Waals surface area (Å²) < 4.78 is 0. The minimum Gasteiger partial charge on any atom is -0.390 e. The monoisotopic (exact) mass is 356 g/mol. The van der Waals surface area contributed by atoms with Crippen LogP contribution in [0, 0.1) is 5.41 Å². The third-order valence-corrected chi connectivity index (χ3v) is 6.09. The summed E-state index contributed by atoms with van der Waals surface area (Å²) in [4.78, 5) is 10.4. The summed E-state index contributed by atoms with van der Waals surface area (Å²) >= 11 is 1.65. The molecule has 0 amide bonds. The summed E-state index contributed by atoms with van der Waals surface area (Å²) in [6.45, 7) is 1.93. The summed E-state index contributed by atoms with van der Waals surface area (Å²) in [5, 5.41) is 7.51. The minimum atomic E-state index is 0.503.